The second kappa shape index (κ2) is 7.44. The Labute approximate surface area is 121 Å². The molecule has 7 heteroatoms. The van der Waals surface area contributed by atoms with Crippen LogP contribution < -0.4 is 11.1 Å². The van der Waals surface area contributed by atoms with Crippen LogP contribution in [0, 0.1) is 0 Å². The number of benzene rings is 1. The Hall–Kier alpha value is -2.15. The molecular weight excluding hydrogens is 274 g/mol. The average Bonchev–Trinajstić information content (AvgIpc) is 2.46. The average molecular weight is 289 g/mol. The summed E-state index contributed by atoms with van der Waals surface area (Å²) >= 11 is 1.23. The predicted octanol–water partition coefficient (Wildman–Crippen LogP) is 0.905. The Morgan fingerprint density at radius 1 is 1.25 bits per heavy atom. The topological polar surface area (TPSA) is 93.8 Å². The summed E-state index contributed by atoms with van der Waals surface area (Å²) in [6, 6.07) is 10.0. The number of nitrogen functional groups attached to an aromatic ring is 1. The summed E-state index contributed by atoms with van der Waals surface area (Å²) in [6.07, 6.45) is 2.15. The fourth-order valence-corrected chi connectivity index (χ4v) is 2.18. The molecule has 0 bridgehead atoms. The summed E-state index contributed by atoms with van der Waals surface area (Å²) in [5.41, 5.74) is 6.63. The maximum absolute atomic E-state index is 11.7. The summed E-state index contributed by atoms with van der Waals surface area (Å²) in [7, 11) is 0. The van der Waals surface area contributed by atoms with Crippen molar-refractivity contribution < 1.29 is 4.79 Å². The van der Waals surface area contributed by atoms with E-state index in [4.69, 9.17) is 5.73 Å². The highest BCUT2D eigenvalue weighted by atomic mass is 32.2. The van der Waals surface area contributed by atoms with Crippen molar-refractivity contribution in [2.75, 3.05) is 18.0 Å². The van der Waals surface area contributed by atoms with Crippen LogP contribution in [-0.2, 0) is 11.2 Å². The lowest BCUT2D eigenvalue weighted by atomic mass is 10.1. The van der Waals surface area contributed by atoms with E-state index < -0.39 is 0 Å². The number of hydrogen-bond donors (Lipinski definition) is 2. The molecule has 0 saturated heterocycles. The third-order valence-electron chi connectivity index (χ3n) is 2.48. The Kier molecular flexibility index (Phi) is 5.31. The second-order valence-electron chi connectivity index (χ2n) is 4.00. The van der Waals surface area contributed by atoms with Crippen LogP contribution in [0.2, 0.25) is 0 Å². The molecule has 1 aromatic carbocycles. The van der Waals surface area contributed by atoms with Crippen molar-refractivity contribution in [2.45, 2.75) is 11.6 Å². The molecule has 1 heterocycles. The van der Waals surface area contributed by atoms with Gasteiger partial charge in [-0.2, -0.15) is 4.98 Å². The van der Waals surface area contributed by atoms with Gasteiger partial charge in [-0.15, -0.1) is 0 Å². The van der Waals surface area contributed by atoms with Gasteiger partial charge in [-0.25, -0.2) is 9.97 Å². The number of nitrogens with zero attached hydrogens (tertiary/aromatic N) is 3. The van der Waals surface area contributed by atoms with Crippen molar-refractivity contribution in [3.05, 3.63) is 42.2 Å². The second-order valence-corrected chi connectivity index (χ2v) is 4.94. The molecule has 6 nitrogen and oxygen atoms in total. The number of thioether (sulfide) groups is 1. The highest BCUT2D eigenvalue weighted by Crippen LogP contribution is 2.11. The normalized spacial score (nSPS) is 10.2. The van der Waals surface area contributed by atoms with E-state index in [0.717, 1.165) is 6.42 Å². The number of aromatic nitrogens is 3. The smallest absolute Gasteiger partial charge is 0.230 e. The Morgan fingerprint density at radius 2 is 2.05 bits per heavy atom. The summed E-state index contributed by atoms with van der Waals surface area (Å²) in [5.74, 6) is 0.370. The largest absolute Gasteiger partial charge is 0.368 e. The van der Waals surface area contributed by atoms with Gasteiger partial charge in [0.05, 0.1) is 5.75 Å². The van der Waals surface area contributed by atoms with E-state index in [9.17, 15) is 4.79 Å². The van der Waals surface area contributed by atoms with Crippen molar-refractivity contribution in [3.63, 3.8) is 0 Å². The minimum atomic E-state index is -0.0510. The number of anilines is 1. The van der Waals surface area contributed by atoms with Gasteiger partial charge in [0.2, 0.25) is 11.9 Å². The van der Waals surface area contributed by atoms with Crippen molar-refractivity contribution in [3.8, 4) is 0 Å². The lowest BCUT2D eigenvalue weighted by Gasteiger charge is -2.04. The number of carbonyl (C=O) groups is 1. The molecule has 0 aliphatic heterocycles. The zero-order valence-electron chi connectivity index (χ0n) is 10.8. The van der Waals surface area contributed by atoms with Crippen LogP contribution in [0.1, 0.15) is 5.56 Å². The highest BCUT2D eigenvalue weighted by molar-refractivity contribution is 7.99. The molecule has 0 aliphatic rings. The van der Waals surface area contributed by atoms with E-state index >= 15 is 0 Å². The number of nitrogens with two attached hydrogens (primary N) is 1. The molecule has 0 aliphatic carbocycles. The molecule has 20 heavy (non-hydrogen) atoms. The van der Waals surface area contributed by atoms with Crippen LogP contribution in [0.25, 0.3) is 0 Å². The maximum Gasteiger partial charge on any atom is 0.230 e. The van der Waals surface area contributed by atoms with E-state index in [2.05, 4.69) is 20.3 Å². The van der Waals surface area contributed by atoms with Crippen molar-refractivity contribution >= 4 is 23.6 Å². The quantitative estimate of drug-likeness (QED) is 0.768. The van der Waals surface area contributed by atoms with Gasteiger partial charge in [0, 0.05) is 6.54 Å². The first-order valence-electron chi connectivity index (χ1n) is 6.12. The molecule has 0 radical (unpaired) electrons. The Morgan fingerprint density at radius 3 is 2.80 bits per heavy atom. The maximum atomic E-state index is 11.7. The van der Waals surface area contributed by atoms with Gasteiger partial charge in [-0.1, -0.05) is 42.1 Å². The van der Waals surface area contributed by atoms with E-state index in [0.29, 0.717) is 11.7 Å². The zero-order chi connectivity index (χ0) is 14.2. The van der Waals surface area contributed by atoms with Crippen LogP contribution in [-0.4, -0.2) is 33.2 Å². The molecule has 0 saturated carbocycles. The molecule has 0 atom stereocenters. The van der Waals surface area contributed by atoms with Crippen LogP contribution in [0.3, 0.4) is 0 Å². The summed E-state index contributed by atoms with van der Waals surface area (Å²) in [5, 5.41) is 3.31. The van der Waals surface area contributed by atoms with Crippen LogP contribution in [0.5, 0.6) is 0 Å². The Bertz CT molecular complexity index is 564. The van der Waals surface area contributed by atoms with Crippen LogP contribution in [0.4, 0.5) is 5.95 Å². The third kappa shape index (κ3) is 4.85. The summed E-state index contributed by atoms with van der Waals surface area (Å²) in [6.45, 7) is 0.614. The zero-order valence-corrected chi connectivity index (χ0v) is 11.6. The predicted molar refractivity (Wildman–Crippen MR) is 78.1 cm³/mol. The van der Waals surface area contributed by atoms with Crippen molar-refractivity contribution in [1.82, 2.24) is 20.3 Å². The molecule has 3 N–H and O–H groups in total. The van der Waals surface area contributed by atoms with Gasteiger partial charge in [-0.3, -0.25) is 4.79 Å². The number of rotatable bonds is 6. The van der Waals surface area contributed by atoms with Gasteiger partial charge >= 0.3 is 0 Å². The minimum absolute atomic E-state index is 0.0510. The van der Waals surface area contributed by atoms with Crippen molar-refractivity contribution in [2.24, 2.45) is 0 Å². The van der Waals surface area contributed by atoms with Crippen LogP contribution >= 0.6 is 11.8 Å². The molecular formula is C13H15N5OS. The first-order valence-corrected chi connectivity index (χ1v) is 7.10. The summed E-state index contributed by atoms with van der Waals surface area (Å²) < 4.78 is 0. The van der Waals surface area contributed by atoms with Gasteiger partial charge in [-0.05, 0) is 12.0 Å². The fourth-order valence-electron chi connectivity index (χ4n) is 1.53. The van der Waals surface area contributed by atoms with E-state index in [-0.39, 0.29) is 17.6 Å². The van der Waals surface area contributed by atoms with Crippen molar-refractivity contribution in [1.29, 1.82) is 0 Å². The lowest BCUT2D eigenvalue weighted by Crippen LogP contribution is -2.27. The lowest BCUT2D eigenvalue weighted by molar-refractivity contribution is -0.118. The molecule has 0 unspecified atom stereocenters. The standard InChI is InChI=1S/C13H15N5OS/c14-12-16-9-17-13(18-12)20-8-11(19)15-7-6-10-4-2-1-3-5-10/h1-5,9H,6-8H2,(H,15,19)(H2,14,16,17,18). The molecule has 2 aromatic rings. The molecule has 0 spiro atoms. The van der Waals surface area contributed by atoms with Gasteiger partial charge in [0.1, 0.15) is 6.33 Å². The van der Waals surface area contributed by atoms with E-state index in [1.807, 2.05) is 30.3 Å². The number of nitrogens with one attached hydrogen (secondary N) is 1. The first kappa shape index (κ1) is 14.3. The molecule has 0 fully saturated rings. The summed E-state index contributed by atoms with van der Waals surface area (Å²) in [4.78, 5) is 23.2. The minimum Gasteiger partial charge on any atom is -0.368 e. The van der Waals surface area contributed by atoms with Gasteiger partial charge < -0.3 is 11.1 Å². The van der Waals surface area contributed by atoms with E-state index in [1.54, 1.807) is 0 Å². The first-order chi connectivity index (χ1) is 9.74. The molecule has 104 valence electrons. The number of amides is 1. The third-order valence-corrected chi connectivity index (χ3v) is 3.34. The number of hydrogen-bond acceptors (Lipinski definition) is 6. The monoisotopic (exact) mass is 289 g/mol. The highest BCUT2D eigenvalue weighted by Gasteiger charge is 2.05. The Balaban J connectivity index is 1.68. The fraction of sp³-hybridized carbons (Fsp3) is 0.231. The number of carbonyl (C=O) groups excluding carboxylic acids is 1. The van der Waals surface area contributed by atoms with Crippen LogP contribution in [0.15, 0.2) is 41.8 Å². The van der Waals surface area contributed by atoms with Gasteiger partial charge in [0.25, 0.3) is 0 Å². The van der Waals surface area contributed by atoms with Gasteiger partial charge in [0.15, 0.2) is 5.16 Å². The molecule has 1 amide bonds. The SMILES string of the molecule is Nc1ncnc(SCC(=O)NCCc2ccccc2)n1. The molecule has 2 rings (SSSR count). The van der Waals surface area contributed by atoms with E-state index in [1.165, 1.54) is 23.7 Å². The molecule has 1 aromatic heterocycles.